The first-order valence-electron chi connectivity index (χ1n) is 8.48. The van der Waals surface area contributed by atoms with Crippen LogP contribution >= 0.6 is 24.8 Å². The second-order valence-corrected chi connectivity index (χ2v) is 6.49. The Labute approximate surface area is 170 Å². The molecular weight excluding hydrogens is 393 g/mol. The normalized spacial score (nSPS) is 19.9. The molecule has 3 rings (SSSR count). The number of nitrogens with one attached hydrogen (secondary N) is 1. The summed E-state index contributed by atoms with van der Waals surface area (Å²) >= 11 is 0. The predicted molar refractivity (Wildman–Crippen MR) is 105 cm³/mol. The maximum absolute atomic E-state index is 12.5. The van der Waals surface area contributed by atoms with Crippen molar-refractivity contribution in [3.05, 3.63) is 30.4 Å². The van der Waals surface area contributed by atoms with Crippen LogP contribution < -0.4 is 11.1 Å². The van der Waals surface area contributed by atoms with Gasteiger partial charge in [-0.05, 0) is 30.9 Å². The molecule has 0 aromatic carbocycles. The van der Waals surface area contributed by atoms with Gasteiger partial charge >= 0.3 is 0 Å². The highest BCUT2D eigenvalue weighted by molar-refractivity contribution is 5.85. The largest absolute Gasteiger partial charge is 0.364 e. The van der Waals surface area contributed by atoms with Gasteiger partial charge in [0.15, 0.2) is 0 Å². The third-order valence-electron chi connectivity index (χ3n) is 4.25. The number of amides is 1. The summed E-state index contributed by atoms with van der Waals surface area (Å²) in [6, 6.07) is 3.27. The van der Waals surface area contributed by atoms with Crippen molar-refractivity contribution in [3.63, 3.8) is 0 Å². The SMILES string of the molecule is CC(C)C(NC(=O)[C@@H]1CC[C@H](CN)O1)c1nc(-c2cccnc2)no1.Cl.Cl. The Balaban J connectivity index is 0.00000182. The Hall–Kier alpha value is -1.74. The first-order chi connectivity index (χ1) is 12.1. The van der Waals surface area contributed by atoms with Gasteiger partial charge in [-0.1, -0.05) is 19.0 Å². The summed E-state index contributed by atoms with van der Waals surface area (Å²) in [5, 5.41) is 6.96. The average molecular weight is 418 g/mol. The van der Waals surface area contributed by atoms with E-state index in [2.05, 4.69) is 20.4 Å². The van der Waals surface area contributed by atoms with Gasteiger partial charge in [0.25, 0.3) is 0 Å². The highest BCUT2D eigenvalue weighted by Crippen LogP contribution is 2.25. The molecule has 1 aliphatic rings. The van der Waals surface area contributed by atoms with Crippen LogP contribution in [0.3, 0.4) is 0 Å². The van der Waals surface area contributed by atoms with Gasteiger partial charge in [-0.15, -0.1) is 24.8 Å². The third-order valence-corrected chi connectivity index (χ3v) is 4.25. The fraction of sp³-hybridized carbons (Fsp3) is 0.529. The predicted octanol–water partition coefficient (Wildman–Crippen LogP) is 2.29. The van der Waals surface area contributed by atoms with E-state index < -0.39 is 6.10 Å². The van der Waals surface area contributed by atoms with Gasteiger partial charge in [0, 0.05) is 24.5 Å². The van der Waals surface area contributed by atoms with Crippen molar-refractivity contribution in [2.75, 3.05) is 6.54 Å². The summed E-state index contributed by atoms with van der Waals surface area (Å²) < 4.78 is 11.0. The van der Waals surface area contributed by atoms with E-state index in [0.717, 1.165) is 12.0 Å². The second kappa shape index (κ2) is 10.6. The highest BCUT2D eigenvalue weighted by Gasteiger charge is 2.33. The monoisotopic (exact) mass is 417 g/mol. The van der Waals surface area contributed by atoms with Crippen LogP contribution in [-0.2, 0) is 9.53 Å². The minimum atomic E-state index is -0.476. The summed E-state index contributed by atoms with van der Waals surface area (Å²) in [7, 11) is 0. The van der Waals surface area contributed by atoms with E-state index in [9.17, 15) is 4.79 Å². The zero-order chi connectivity index (χ0) is 17.8. The van der Waals surface area contributed by atoms with E-state index in [1.165, 1.54) is 0 Å². The fourth-order valence-electron chi connectivity index (χ4n) is 2.81. The van der Waals surface area contributed by atoms with Crippen LogP contribution in [0.1, 0.15) is 38.6 Å². The first-order valence-corrected chi connectivity index (χ1v) is 8.48. The molecule has 1 unspecified atom stereocenters. The number of nitrogens with two attached hydrogens (primary N) is 1. The lowest BCUT2D eigenvalue weighted by Crippen LogP contribution is -2.39. The van der Waals surface area contributed by atoms with Crippen LogP contribution in [0, 0.1) is 5.92 Å². The molecule has 10 heteroatoms. The molecule has 2 aromatic heterocycles. The molecule has 0 aliphatic carbocycles. The summed E-state index contributed by atoms with van der Waals surface area (Å²) in [5.74, 6) is 0.729. The number of ether oxygens (including phenoxy) is 1. The molecule has 0 saturated carbocycles. The molecule has 8 nitrogen and oxygen atoms in total. The molecule has 1 saturated heterocycles. The number of aromatic nitrogens is 3. The quantitative estimate of drug-likeness (QED) is 0.739. The lowest BCUT2D eigenvalue weighted by molar-refractivity contribution is -0.133. The average Bonchev–Trinajstić information content (AvgIpc) is 3.29. The van der Waals surface area contributed by atoms with Gasteiger partial charge in [0.2, 0.25) is 17.6 Å². The molecule has 3 atom stereocenters. The number of halogens is 2. The lowest BCUT2D eigenvalue weighted by atomic mass is 10.0. The van der Waals surface area contributed by atoms with Gasteiger partial charge in [-0.2, -0.15) is 4.98 Å². The zero-order valence-corrected chi connectivity index (χ0v) is 16.8. The Bertz CT molecular complexity index is 714. The van der Waals surface area contributed by atoms with Crippen molar-refractivity contribution >= 4 is 30.7 Å². The van der Waals surface area contributed by atoms with Gasteiger partial charge in [0.05, 0.1) is 6.10 Å². The van der Waals surface area contributed by atoms with E-state index >= 15 is 0 Å². The molecule has 1 aliphatic heterocycles. The van der Waals surface area contributed by atoms with E-state index in [1.807, 2.05) is 19.9 Å². The maximum Gasteiger partial charge on any atom is 0.249 e. The minimum Gasteiger partial charge on any atom is -0.364 e. The molecule has 0 radical (unpaired) electrons. The Morgan fingerprint density at radius 1 is 1.37 bits per heavy atom. The summed E-state index contributed by atoms with van der Waals surface area (Å²) in [6.07, 6.45) is 4.29. The lowest BCUT2D eigenvalue weighted by Gasteiger charge is -2.21. The van der Waals surface area contributed by atoms with Crippen molar-refractivity contribution in [1.29, 1.82) is 0 Å². The van der Waals surface area contributed by atoms with E-state index in [0.29, 0.717) is 24.7 Å². The molecule has 0 bridgehead atoms. The van der Waals surface area contributed by atoms with Crippen LogP contribution in [0.5, 0.6) is 0 Å². The summed E-state index contributed by atoms with van der Waals surface area (Å²) in [6.45, 7) is 4.39. The smallest absolute Gasteiger partial charge is 0.249 e. The van der Waals surface area contributed by atoms with Crippen molar-refractivity contribution in [1.82, 2.24) is 20.4 Å². The molecule has 150 valence electrons. The Morgan fingerprint density at radius 3 is 2.74 bits per heavy atom. The van der Waals surface area contributed by atoms with Crippen molar-refractivity contribution in [2.24, 2.45) is 11.7 Å². The van der Waals surface area contributed by atoms with Crippen LogP contribution in [0.25, 0.3) is 11.4 Å². The summed E-state index contributed by atoms with van der Waals surface area (Å²) in [5.41, 5.74) is 6.36. The van der Waals surface area contributed by atoms with Gasteiger partial charge in [0.1, 0.15) is 12.1 Å². The molecule has 1 amide bonds. The Kier molecular flexibility index (Phi) is 9.11. The van der Waals surface area contributed by atoms with Gasteiger partial charge in [-0.25, -0.2) is 0 Å². The fourth-order valence-corrected chi connectivity index (χ4v) is 2.81. The van der Waals surface area contributed by atoms with E-state index in [1.54, 1.807) is 18.5 Å². The number of rotatable bonds is 6. The van der Waals surface area contributed by atoms with Crippen LogP contribution in [0.15, 0.2) is 29.0 Å². The zero-order valence-electron chi connectivity index (χ0n) is 15.2. The number of nitrogens with zero attached hydrogens (tertiary/aromatic N) is 3. The maximum atomic E-state index is 12.5. The third kappa shape index (κ3) is 5.62. The number of carbonyl (C=O) groups is 1. The minimum absolute atomic E-state index is 0. The van der Waals surface area contributed by atoms with Crippen molar-refractivity contribution in [2.45, 2.75) is 44.9 Å². The van der Waals surface area contributed by atoms with E-state index in [4.69, 9.17) is 15.0 Å². The molecule has 0 spiro atoms. The van der Waals surface area contributed by atoms with Crippen molar-refractivity contribution in [3.8, 4) is 11.4 Å². The molecular formula is C17H25Cl2N5O3. The van der Waals surface area contributed by atoms with Crippen LogP contribution in [-0.4, -0.2) is 39.8 Å². The summed E-state index contributed by atoms with van der Waals surface area (Å²) in [4.78, 5) is 21.0. The molecule has 3 N–H and O–H groups in total. The van der Waals surface area contributed by atoms with Crippen LogP contribution in [0.2, 0.25) is 0 Å². The Morgan fingerprint density at radius 2 is 2.15 bits per heavy atom. The van der Waals surface area contributed by atoms with Crippen LogP contribution in [0.4, 0.5) is 0 Å². The molecule has 1 fully saturated rings. The van der Waals surface area contributed by atoms with Gasteiger partial charge in [-0.3, -0.25) is 9.78 Å². The standard InChI is InChI=1S/C17H23N5O3.2ClH/c1-10(2)14(20-16(23)13-6-5-12(8-18)24-13)17-21-15(22-25-17)11-4-3-7-19-9-11;;/h3-4,7,9-10,12-14H,5-6,8,18H2,1-2H3,(H,20,23);2*1H/t12-,13+,14?;;/m1../s1. The van der Waals surface area contributed by atoms with Gasteiger partial charge < -0.3 is 20.3 Å². The van der Waals surface area contributed by atoms with Crippen molar-refractivity contribution < 1.29 is 14.1 Å². The number of hydrogen-bond acceptors (Lipinski definition) is 7. The second-order valence-electron chi connectivity index (χ2n) is 6.49. The number of carbonyl (C=O) groups excluding carboxylic acids is 1. The first kappa shape index (κ1) is 23.3. The topological polar surface area (TPSA) is 116 Å². The molecule has 27 heavy (non-hydrogen) atoms. The van der Waals surface area contributed by atoms with E-state index in [-0.39, 0.29) is 48.8 Å². The molecule has 2 aromatic rings. The number of pyridine rings is 1. The highest BCUT2D eigenvalue weighted by atomic mass is 35.5. The number of hydrogen-bond donors (Lipinski definition) is 2. The molecule has 3 heterocycles.